The zero-order chi connectivity index (χ0) is 21.7. The molecule has 4 N–H and O–H groups in total. The van der Waals surface area contributed by atoms with Gasteiger partial charge in [-0.15, -0.1) is 0 Å². The van der Waals surface area contributed by atoms with E-state index in [9.17, 15) is 18.0 Å². The minimum absolute atomic E-state index is 0.0293. The quantitative estimate of drug-likeness (QED) is 0.506. The van der Waals surface area contributed by atoms with Gasteiger partial charge in [-0.3, -0.25) is 4.79 Å². The Hall–Kier alpha value is -2.98. The normalized spacial score (nSPS) is 14.6. The predicted octanol–water partition coefficient (Wildman–Crippen LogP) is 1.21. The number of carbonyl (C=O) groups is 2. The standard InChI is InChI=1S/C20H24N4O5S/c1-13(29-20(26)15-4-9-18(23-12-15)24-16-5-6-16)19(25)22-11-10-14-2-7-17(8-3-14)30(21,27)28/h2-4,7-9,12-13,16H,5-6,10-11H2,1H3,(H,22,25)(H,23,24)(H2,21,27,28). The van der Waals surface area contributed by atoms with Crippen molar-refractivity contribution in [3.8, 4) is 0 Å². The average molecular weight is 433 g/mol. The number of primary sulfonamides is 1. The molecule has 0 spiro atoms. The predicted molar refractivity (Wildman–Crippen MR) is 110 cm³/mol. The highest BCUT2D eigenvalue weighted by Crippen LogP contribution is 2.23. The van der Waals surface area contributed by atoms with E-state index in [4.69, 9.17) is 9.88 Å². The number of nitrogens with zero attached hydrogens (tertiary/aromatic N) is 1. The molecule has 1 aromatic carbocycles. The molecule has 0 radical (unpaired) electrons. The highest BCUT2D eigenvalue weighted by Gasteiger charge is 2.22. The summed E-state index contributed by atoms with van der Waals surface area (Å²) in [5, 5.41) is 11.0. The van der Waals surface area contributed by atoms with Gasteiger partial charge in [0.05, 0.1) is 10.5 Å². The molecule has 1 aliphatic rings. The first-order valence-corrected chi connectivity index (χ1v) is 11.1. The minimum Gasteiger partial charge on any atom is -0.449 e. The van der Waals surface area contributed by atoms with Crippen LogP contribution < -0.4 is 15.8 Å². The molecule has 0 saturated heterocycles. The molecule has 160 valence electrons. The Morgan fingerprint density at radius 3 is 2.47 bits per heavy atom. The molecule has 1 atom stereocenters. The summed E-state index contributed by atoms with van der Waals surface area (Å²) in [4.78, 5) is 28.6. The fourth-order valence-electron chi connectivity index (χ4n) is 2.64. The smallest absolute Gasteiger partial charge is 0.340 e. The van der Waals surface area contributed by atoms with Crippen molar-refractivity contribution in [1.29, 1.82) is 0 Å². The van der Waals surface area contributed by atoms with Crippen LogP contribution in [0.3, 0.4) is 0 Å². The highest BCUT2D eigenvalue weighted by molar-refractivity contribution is 7.89. The van der Waals surface area contributed by atoms with Gasteiger partial charge in [0.25, 0.3) is 5.91 Å². The van der Waals surface area contributed by atoms with Crippen LogP contribution in [-0.4, -0.2) is 44.0 Å². The maximum absolute atomic E-state index is 12.2. The van der Waals surface area contributed by atoms with Gasteiger partial charge >= 0.3 is 5.97 Å². The Morgan fingerprint density at radius 2 is 1.90 bits per heavy atom. The van der Waals surface area contributed by atoms with Gasteiger partial charge in [0.15, 0.2) is 6.10 Å². The molecular formula is C20H24N4O5S. The number of anilines is 1. The fraction of sp³-hybridized carbons (Fsp3) is 0.350. The summed E-state index contributed by atoms with van der Waals surface area (Å²) >= 11 is 0. The van der Waals surface area contributed by atoms with E-state index in [1.807, 2.05) is 0 Å². The van der Waals surface area contributed by atoms with Crippen LogP contribution in [0.1, 0.15) is 35.7 Å². The topological polar surface area (TPSA) is 140 Å². The van der Waals surface area contributed by atoms with Crippen LogP contribution in [0.25, 0.3) is 0 Å². The first kappa shape index (κ1) is 21.7. The number of amides is 1. The van der Waals surface area contributed by atoms with E-state index < -0.39 is 28.0 Å². The molecule has 1 aliphatic carbocycles. The van der Waals surface area contributed by atoms with Gasteiger partial charge in [-0.1, -0.05) is 12.1 Å². The van der Waals surface area contributed by atoms with Gasteiger partial charge < -0.3 is 15.4 Å². The van der Waals surface area contributed by atoms with E-state index in [1.54, 1.807) is 24.3 Å². The molecule has 30 heavy (non-hydrogen) atoms. The zero-order valence-electron chi connectivity index (χ0n) is 16.5. The average Bonchev–Trinajstić information content (AvgIpc) is 3.52. The number of carbonyl (C=O) groups excluding carboxylic acids is 2. The summed E-state index contributed by atoms with van der Waals surface area (Å²) in [6, 6.07) is 9.86. The Labute approximate surface area is 175 Å². The van der Waals surface area contributed by atoms with Crippen molar-refractivity contribution < 1.29 is 22.7 Å². The lowest BCUT2D eigenvalue weighted by atomic mass is 10.1. The van der Waals surface area contributed by atoms with Crippen molar-refractivity contribution in [2.75, 3.05) is 11.9 Å². The maximum atomic E-state index is 12.2. The minimum atomic E-state index is -3.73. The van der Waals surface area contributed by atoms with Gasteiger partial charge in [-0.2, -0.15) is 0 Å². The molecule has 3 rings (SSSR count). The van der Waals surface area contributed by atoms with Gasteiger partial charge in [0.2, 0.25) is 10.0 Å². The highest BCUT2D eigenvalue weighted by atomic mass is 32.2. The van der Waals surface area contributed by atoms with Gasteiger partial charge in [-0.05, 0) is 56.0 Å². The molecule has 1 aromatic heterocycles. The molecule has 1 saturated carbocycles. The molecule has 0 bridgehead atoms. The Balaban J connectivity index is 1.43. The third kappa shape index (κ3) is 6.26. The summed E-state index contributed by atoms with van der Waals surface area (Å²) in [5.41, 5.74) is 1.10. The van der Waals surface area contributed by atoms with Gasteiger partial charge in [0.1, 0.15) is 5.82 Å². The number of nitrogens with one attached hydrogen (secondary N) is 2. The summed E-state index contributed by atoms with van der Waals surface area (Å²) in [6.07, 6.45) is 3.18. The van der Waals surface area contributed by atoms with Crippen LogP contribution in [0.5, 0.6) is 0 Å². The van der Waals surface area contributed by atoms with E-state index >= 15 is 0 Å². The Kier molecular flexibility index (Phi) is 6.68. The Bertz CT molecular complexity index is 1000. The van der Waals surface area contributed by atoms with E-state index in [2.05, 4.69) is 15.6 Å². The largest absolute Gasteiger partial charge is 0.449 e. The number of pyridine rings is 1. The molecule has 1 heterocycles. The van der Waals surface area contributed by atoms with E-state index in [1.165, 1.54) is 25.3 Å². The monoisotopic (exact) mass is 432 g/mol. The van der Waals surface area contributed by atoms with Crippen molar-refractivity contribution >= 4 is 27.7 Å². The number of aromatic nitrogens is 1. The fourth-order valence-corrected chi connectivity index (χ4v) is 3.15. The number of benzene rings is 1. The lowest BCUT2D eigenvalue weighted by Gasteiger charge is -2.14. The second-order valence-corrected chi connectivity index (χ2v) is 8.69. The summed E-state index contributed by atoms with van der Waals surface area (Å²) < 4.78 is 27.7. The van der Waals surface area contributed by atoms with Crippen LogP contribution in [0.2, 0.25) is 0 Å². The number of nitrogens with two attached hydrogens (primary N) is 1. The number of rotatable bonds is 9. The molecule has 1 unspecified atom stereocenters. The Morgan fingerprint density at radius 1 is 1.20 bits per heavy atom. The SMILES string of the molecule is CC(OC(=O)c1ccc(NC2CC2)nc1)C(=O)NCCc1ccc(S(N)(=O)=O)cc1. The number of hydrogen-bond acceptors (Lipinski definition) is 7. The first-order valence-electron chi connectivity index (χ1n) is 9.55. The van der Waals surface area contributed by atoms with Crippen molar-refractivity contribution in [3.63, 3.8) is 0 Å². The van der Waals surface area contributed by atoms with E-state index in [-0.39, 0.29) is 10.5 Å². The van der Waals surface area contributed by atoms with Gasteiger partial charge in [-0.25, -0.2) is 23.3 Å². The number of hydrogen-bond donors (Lipinski definition) is 3. The van der Waals surface area contributed by atoms with Crippen LogP contribution in [0.4, 0.5) is 5.82 Å². The summed E-state index contributed by atoms with van der Waals surface area (Å²) in [7, 11) is -3.73. The van der Waals surface area contributed by atoms with E-state index in [0.717, 1.165) is 18.4 Å². The molecule has 1 amide bonds. The molecule has 1 fully saturated rings. The first-order chi connectivity index (χ1) is 14.2. The zero-order valence-corrected chi connectivity index (χ0v) is 17.3. The number of sulfonamides is 1. The lowest BCUT2D eigenvalue weighted by molar-refractivity contribution is -0.129. The van der Waals surface area contributed by atoms with Crippen molar-refractivity contribution in [3.05, 3.63) is 53.7 Å². The second-order valence-electron chi connectivity index (χ2n) is 7.13. The molecule has 2 aromatic rings. The van der Waals surface area contributed by atoms with Crippen LogP contribution in [-0.2, 0) is 26.0 Å². The van der Waals surface area contributed by atoms with Crippen LogP contribution in [0.15, 0.2) is 47.5 Å². The van der Waals surface area contributed by atoms with Crippen molar-refractivity contribution in [2.24, 2.45) is 5.14 Å². The molecular weight excluding hydrogens is 408 g/mol. The third-order valence-electron chi connectivity index (χ3n) is 4.55. The van der Waals surface area contributed by atoms with Crippen molar-refractivity contribution in [2.45, 2.75) is 43.2 Å². The van der Waals surface area contributed by atoms with Crippen LogP contribution >= 0.6 is 0 Å². The van der Waals surface area contributed by atoms with Crippen molar-refractivity contribution in [1.82, 2.24) is 10.3 Å². The molecule has 10 heteroatoms. The van der Waals surface area contributed by atoms with E-state index in [0.29, 0.717) is 24.8 Å². The van der Waals surface area contributed by atoms with Gasteiger partial charge in [0, 0.05) is 18.8 Å². The summed E-state index contributed by atoms with van der Waals surface area (Å²) in [5.74, 6) is -0.344. The lowest BCUT2D eigenvalue weighted by Crippen LogP contribution is -2.36. The molecule has 9 nitrogen and oxygen atoms in total. The third-order valence-corrected chi connectivity index (χ3v) is 5.48. The second kappa shape index (κ2) is 9.23. The van der Waals surface area contributed by atoms with Crippen LogP contribution in [0, 0.1) is 0 Å². The molecule has 0 aliphatic heterocycles. The number of esters is 1. The maximum Gasteiger partial charge on any atom is 0.340 e. The number of ether oxygens (including phenoxy) is 1. The summed E-state index contributed by atoms with van der Waals surface area (Å²) in [6.45, 7) is 1.79.